The van der Waals surface area contributed by atoms with E-state index in [0.717, 1.165) is 12.1 Å². The van der Waals surface area contributed by atoms with Gasteiger partial charge in [-0.15, -0.1) is 0 Å². The molecule has 0 aliphatic rings. The van der Waals surface area contributed by atoms with E-state index >= 15 is 0 Å². The summed E-state index contributed by atoms with van der Waals surface area (Å²) < 4.78 is 26.4. The van der Waals surface area contributed by atoms with Crippen LogP contribution in [0.5, 0.6) is 0 Å². The highest BCUT2D eigenvalue weighted by atomic mass is 35.5. The van der Waals surface area contributed by atoms with Gasteiger partial charge >= 0.3 is 0 Å². The van der Waals surface area contributed by atoms with Gasteiger partial charge in [-0.25, -0.2) is 8.78 Å². The molecule has 0 atom stereocenters. The number of unbranched alkanes of at least 4 members (excludes halogenated alkanes) is 1. The first-order chi connectivity index (χ1) is 8.93. The molecule has 7 heteroatoms. The molecular formula is C12H13ClF2N2O2. The fourth-order valence-corrected chi connectivity index (χ4v) is 1.59. The molecule has 0 fully saturated rings. The zero-order valence-corrected chi connectivity index (χ0v) is 10.8. The van der Waals surface area contributed by atoms with Gasteiger partial charge < -0.3 is 11.1 Å². The van der Waals surface area contributed by atoms with E-state index < -0.39 is 28.5 Å². The number of nitrogens with one attached hydrogen (secondary N) is 1. The molecule has 4 nitrogen and oxygen atoms in total. The number of nitrogens with two attached hydrogens (primary N) is 1. The van der Waals surface area contributed by atoms with Crippen LogP contribution in [-0.4, -0.2) is 18.4 Å². The van der Waals surface area contributed by atoms with Crippen LogP contribution in [0.3, 0.4) is 0 Å². The topological polar surface area (TPSA) is 72.2 Å². The molecule has 0 spiro atoms. The Morgan fingerprint density at radius 3 is 2.58 bits per heavy atom. The Morgan fingerprint density at radius 2 is 1.95 bits per heavy atom. The Kier molecular flexibility index (Phi) is 5.69. The molecule has 3 N–H and O–H groups in total. The van der Waals surface area contributed by atoms with Gasteiger partial charge in [0.15, 0.2) is 5.82 Å². The number of benzene rings is 1. The number of carbonyl (C=O) groups excluding carboxylic acids is 2. The van der Waals surface area contributed by atoms with Crippen LogP contribution in [0.2, 0.25) is 5.02 Å². The van der Waals surface area contributed by atoms with Gasteiger partial charge in [0.05, 0.1) is 5.56 Å². The lowest BCUT2D eigenvalue weighted by Crippen LogP contribution is -2.25. The van der Waals surface area contributed by atoms with Crippen molar-refractivity contribution in [3.63, 3.8) is 0 Å². The third kappa shape index (κ3) is 4.48. The van der Waals surface area contributed by atoms with Gasteiger partial charge in [-0.05, 0) is 25.0 Å². The van der Waals surface area contributed by atoms with Gasteiger partial charge in [-0.2, -0.15) is 0 Å². The maximum atomic E-state index is 13.5. The molecule has 104 valence electrons. The highest BCUT2D eigenvalue weighted by Gasteiger charge is 2.16. The third-order valence-electron chi connectivity index (χ3n) is 2.42. The fraction of sp³-hybridized carbons (Fsp3) is 0.333. The zero-order chi connectivity index (χ0) is 14.4. The lowest BCUT2D eigenvalue weighted by Gasteiger charge is -2.07. The first-order valence-electron chi connectivity index (χ1n) is 5.63. The largest absolute Gasteiger partial charge is 0.370 e. The summed E-state index contributed by atoms with van der Waals surface area (Å²) in [5.74, 6) is -3.10. The lowest BCUT2D eigenvalue weighted by atomic mass is 10.2. The molecule has 0 saturated heterocycles. The maximum Gasteiger partial charge on any atom is 0.254 e. The minimum atomic E-state index is -1.09. The van der Waals surface area contributed by atoms with Crippen LogP contribution in [0, 0.1) is 11.6 Å². The molecule has 0 unspecified atom stereocenters. The van der Waals surface area contributed by atoms with Crippen molar-refractivity contribution in [2.24, 2.45) is 5.73 Å². The van der Waals surface area contributed by atoms with Crippen molar-refractivity contribution in [1.29, 1.82) is 0 Å². The average Bonchev–Trinajstić information content (AvgIpc) is 2.35. The van der Waals surface area contributed by atoms with E-state index in [1.54, 1.807) is 0 Å². The minimum absolute atomic E-state index is 0.229. The van der Waals surface area contributed by atoms with Gasteiger partial charge in [0.25, 0.3) is 5.91 Å². The molecular weight excluding hydrogens is 278 g/mol. The molecule has 1 aromatic rings. The Morgan fingerprint density at radius 1 is 1.26 bits per heavy atom. The molecule has 0 radical (unpaired) electrons. The second-order valence-electron chi connectivity index (χ2n) is 3.90. The summed E-state index contributed by atoms with van der Waals surface area (Å²) in [4.78, 5) is 22.1. The van der Waals surface area contributed by atoms with Gasteiger partial charge in [-0.1, -0.05) is 11.6 Å². The number of carbonyl (C=O) groups is 2. The monoisotopic (exact) mass is 290 g/mol. The number of halogens is 3. The van der Waals surface area contributed by atoms with Crippen LogP contribution in [-0.2, 0) is 4.79 Å². The summed E-state index contributed by atoms with van der Waals surface area (Å²) in [6, 6.07) is 1.95. The van der Waals surface area contributed by atoms with E-state index in [9.17, 15) is 18.4 Å². The maximum absolute atomic E-state index is 13.5. The summed E-state index contributed by atoms with van der Waals surface area (Å²) in [5.41, 5.74) is 4.63. The molecule has 0 heterocycles. The SMILES string of the molecule is NC(=O)CCCCNC(=O)c1ccc(F)c(Cl)c1F. The molecule has 2 amide bonds. The van der Waals surface area contributed by atoms with E-state index in [0.29, 0.717) is 12.8 Å². The number of hydrogen-bond donors (Lipinski definition) is 2. The first-order valence-corrected chi connectivity index (χ1v) is 6.01. The first kappa shape index (κ1) is 15.4. The molecule has 0 aromatic heterocycles. The third-order valence-corrected chi connectivity index (χ3v) is 2.76. The molecule has 0 bridgehead atoms. The van der Waals surface area contributed by atoms with Crippen molar-refractivity contribution in [1.82, 2.24) is 5.32 Å². The van der Waals surface area contributed by atoms with Gasteiger partial charge in [0.1, 0.15) is 10.8 Å². The Hall–Kier alpha value is -1.69. The van der Waals surface area contributed by atoms with Crippen molar-refractivity contribution >= 4 is 23.4 Å². The second kappa shape index (κ2) is 7.04. The molecule has 0 aliphatic heterocycles. The van der Waals surface area contributed by atoms with Gasteiger partial charge in [0.2, 0.25) is 5.91 Å². The average molecular weight is 291 g/mol. The van der Waals surface area contributed by atoms with Crippen LogP contribution in [0.15, 0.2) is 12.1 Å². The van der Waals surface area contributed by atoms with Crippen molar-refractivity contribution in [2.75, 3.05) is 6.54 Å². The van der Waals surface area contributed by atoms with Crippen LogP contribution in [0.25, 0.3) is 0 Å². The Bertz CT molecular complexity index is 495. The summed E-state index contributed by atoms with van der Waals surface area (Å²) in [6.45, 7) is 0.264. The van der Waals surface area contributed by atoms with Crippen LogP contribution >= 0.6 is 11.6 Å². The van der Waals surface area contributed by atoms with Crippen LogP contribution in [0.4, 0.5) is 8.78 Å². The molecule has 1 aromatic carbocycles. The fourth-order valence-electron chi connectivity index (χ4n) is 1.42. The van der Waals surface area contributed by atoms with E-state index in [-0.39, 0.29) is 18.5 Å². The molecule has 0 saturated carbocycles. The highest BCUT2D eigenvalue weighted by Crippen LogP contribution is 2.21. The molecule has 19 heavy (non-hydrogen) atoms. The molecule has 1 rings (SSSR count). The lowest BCUT2D eigenvalue weighted by molar-refractivity contribution is -0.118. The van der Waals surface area contributed by atoms with Crippen molar-refractivity contribution in [2.45, 2.75) is 19.3 Å². The van der Waals surface area contributed by atoms with E-state index in [1.165, 1.54) is 0 Å². The van der Waals surface area contributed by atoms with E-state index in [1.807, 2.05) is 0 Å². The number of primary amides is 1. The van der Waals surface area contributed by atoms with E-state index in [2.05, 4.69) is 5.32 Å². The number of rotatable bonds is 6. The predicted molar refractivity (Wildman–Crippen MR) is 66.7 cm³/mol. The Labute approximate surface area is 113 Å². The van der Waals surface area contributed by atoms with Crippen LogP contribution in [0.1, 0.15) is 29.6 Å². The second-order valence-corrected chi connectivity index (χ2v) is 4.28. The van der Waals surface area contributed by atoms with Crippen molar-refractivity contribution in [3.05, 3.63) is 34.4 Å². The quantitative estimate of drug-likeness (QED) is 0.621. The zero-order valence-electron chi connectivity index (χ0n) is 10.0. The summed E-state index contributed by atoms with van der Waals surface area (Å²) in [7, 11) is 0. The summed E-state index contributed by atoms with van der Waals surface area (Å²) in [6.07, 6.45) is 1.29. The van der Waals surface area contributed by atoms with Gasteiger partial charge in [-0.3, -0.25) is 9.59 Å². The van der Waals surface area contributed by atoms with Crippen LogP contribution < -0.4 is 11.1 Å². The highest BCUT2D eigenvalue weighted by molar-refractivity contribution is 6.31. The van der Waals surface area contributed by atoms with Gasteiger partial charge in [0, 0.05) is 13.0 Å². The predicted octanol–water partition coefficient (Wildman–Crippen LogP) is 2.00. The molecule has 0 aliphatic carbocycles. The summed E-state index contributed by atoms with van der Waals surface area (Å²) >= 11 is 5.36. The normalized spacial score (nSPS) is 10.3. The number of amides is 2. The smallest absolute Gasteiger partial charge is 0.254 e. The van der Waals surface area contributed by atoms with E-state index in [4.69, 9.17) is 17.3 Å². The van der Waals surface area contributed by atoms with Crippen molar-refractivity contribution < 1.29 is 18.4 Å². The standard InChI is InChI=1S/C12H13ClF2N2O2/c13-10-8(14)5-4-7(11(10)15)12(19)17-6-2-1-3-9(16)18/h4-5H,1-3,6H2,(H2,16,18)(H,17,19). The minimum Gasteiger partial charge on any atom is -0.370 e. The number of hydrogen-bond acceptors (Lipinski definition) is 2. The Balaban J connectivity index is 2.50. The van der Waals surface area contributed by atoms with Crippen molar-refractivity contribution in [3.8, 4) is 0 Å². The summed E-state index contributed by atoms with van der Waals surface area (Å²) in [5, 5.41) is 1.74.